The van der Waals surface area contributed by atoms with Crippen LogP contribution in [0, 0.1) is 12.7 Å². The van der Waals surface area contributed by atoms with E-state index in [1.807, 2.05) is 37.3 Å². The molecule has 3 heteroatoms. The Labute approximate surface area is 132 Å². The van der Waals surface area contributed by atoms with E-state index in [9.17, 15) is 4.39 Å². The highest BCUT2D eigenvalue weighted by Crippen LogP contribution is 2.22. The number of ether oxygens (including phenoxy) is 1. The van der Waals surface area contributed by atoms with E-state index in [4.69, 9.17) is 10.5 Å². The van der Waals surface area contributed by atoms with Crippen molar-refractivity contribution in [1.82, 2.24) is 0 Å². The summed E-state index contributed by atoms with van der Waals surface area (Å²) >= 11 is 0. The molecule has 2 N–H and O–H groups in total. The minimum atomic E-state index is -0.196. The third-order valence-electron chi connectivity index (χ3n) is 3.90. The number of halogens is 1. The first-order valence-electron chi connectivity index (χ1n) is 7.84. The Morgan fingerprint density at radius 2 is 1.91 bits per heavy atom. The van der Waals surface area contributed by atoms with Gasteiger partial charge >= 0.3 is 0 Å². The normalized spacial score (nSPS) is 12.1. The molecule has 0 saturated carbocycles. The highest BCUT2D eigenvalue weighted by atomic mass is 19.1. The van der Waals surface area contributed by atoms with Crippen LogP contribution >= 0.6 is 0 Å². The van der Waals surface area contributed by atoms with Crippen LogP contribution in [0.5, 0.6) is 5.75 Å². The lowest BCUT2D eigenvalue weighted by Gasteiger charge is -2.15. The largest absolute Gasteiger partial charge is 0.493 e. The molecule has 2 rings (SSSR count). The van der Waals surface area contributed by atoms with E-state index in [-0.39, 0.29) is 11.7 Å². The standard InChI is InChI=1S/C19H24FNO/c1-15-7-2-3-11-19(15)22-12-5-4-8-17(14-21)16-9-6-10-18(20)13-16/h2-3,6-7,9-11,13,17H,4-5,8,12,14,21H2,1H3. The molecule has 1 unspecified atom stereocenters. The number of benzene rings is 2. The monoisotopic (exact) mass is 301 g/mol. The quantitative estimate of drug-likeness (QED) is 0.732. The van der Waals surface area contributed by atoms with Gasteiger partial charge in [0.1, 0.15) is 11.6 Å². The molecule has 0 aromatic heterocycles. The van der Waals surface area contributed by atoms with Gasteiger partial charge in [-0.05, 0) is 68.0 Å². The summed E-state index contributed by atoms with van der Waals surface area (Å²) in [5.74, 6) is 0.969. The van der Waals surface area contributed by atoms with Crippen molar-refractivity contribution in [3.63, 3.8) is 0 Å². The first-order valence-corrected chi connectivity index (χ1v) is 7.84. The van der Waals surface area contributed by atoms with Crippen LogP contribution in [0.25, 0.3) is 0 Å². The molecule has 22 heavy (non-hydrogen) atoms. The summed E-state index contributed by atoms with van der Waals surface area (Å²) in [4.78, 5) is 0. The summed E-state index contributed by atoms with van der Waals surface area (Å²) in [7, 11) is 0. The lowest BCUT2D eigenvalue weighted by Crippen LogP contribution is -2.13. The van der Waals surface area contributed by atoms with Crippen molar-refractivity contribution >= 4 is 0 Å². The van der Waals surface area contributed by atoms with Crippen molar-refractivity contribution in [1.29, 1.82) is 0 Å². The Kier molecular flexibility index (Phi) is 6.41. The van der Waals surface area contributed by atoms with Crippen molar-refractivity contribution in [3.8, 4) is 5.75 Å². The fourth-order valence-electron chi connectivity index (χ4n) is 2.57. The second-order valence-corrected chi connectivity index (χ2v) is 5.60. The maximum atomic E-state index is 13.3. The number of nitrogens with two attached hydrogens (primary N) is 1. The number of rotatable bonds is 8. The highest BCUT2D eigenvalue weighted by Gasteiger charge is 2.10. The summed E-state index contributed by atoms with van der Waals surface area (Å²) in [5, 5.41) is 0. The maximum Gasteiger partial charge on any atom is 0.123 e. The molecule has 0 heterocycles. The predicted octanol–water partition coefficient (Wildman–Crippen LogP) is 4.43. The molecule has 2 aromatic rings. The van der Waals surface area contributed by atoms with Crippen LogP contribution in [0.15, 0.2) is 48.5 Å². The number of hydrogen-bond donors (Lipinski definition) is 1. The Balaban J connectivity index is 1.74. The van der Waals surface area contributed by atoms with Crippen molar-refractivity contribution in [2.75, 3.05) is 13.2 Å². The van der Waals surface area contributed by atoms with Gasteiger partial charge in [-0.15, -0.1) is 0 Å². The molecule has 1 atom stereocenters. The summed E-state index contributed by atoms with van der Waals surface area (Å²) in [6, 6.07) is 14.8. The topological polar surface area (TPSA) is 35.2 Å². The summed E-state index contributed by atoms with van der Waals surface area (Å²) in [5.41, 5.74) is 7.97. The van der Waals surface area contributed by atoms with E-state index >= 15 is 0 Å². The zero-order valence-corrected chi connectivity index (χ0v) is 13.1. The first kappa shape index (κ1) is 16.5. The van der Waals surface area contributed by atoms with Crippen molar-refractivity contribution in [2.24, 2.45) is 5.73 Å². The number of para-hydroxylation sites is 1. The zero-order valence-electron chi connectivity index (χ0n) is 13.1. The fourth-order valence-corrected chi connectivity index (χ4v) is 2.57. The molecule has 0 radical (unpaired) electrons. The minimum Gasteiger partial charge on any atom is -0.493 e. The van der Waals surface area contributed by atoms with E-state index in [0.717, 1.165) is 36.1 Å². The third kappa shape index (κ3) is 4.85. The lowest BCUT2D eigenvalue weighted by atomic mass is 9.93. The molecule has 0 amide bonds. The number of unbranched alkanes of at least 4 members (excludes halogenated alkanes) is 1. The summed E-state index contributed by atoms with van der Waals surface area (Å²) < 4.78 is 19.1. The Hall–Kier alpha value is -1.87. The molecule has 2 nitrogen and oxygen atoms in total. The van der Waals surface area contributed by atoms with Crippen LogP contribution < -0.4 is 10.5 Å². The van der Waals surface area contributed by atoms with E-state index < -0.39 is 0 Å². The molecule has 0 aliphatic heterocycles. The number of hydrogen-bond acceptors (Lipinski definition) is 2. The van der Waals surface area contributed by atoms with Crippen molar-refractivity contribution in [3.05, 3.63) is 65.5 Å². The molecule has 0 bridgehead atoms. The molecular weight excluding hydrogens is 277 g/mol. The van der Waals surface area contributed by atoms with Gasteiger partial charge in [-0.25, -0.2) is 4.39 Å². The van der Waals surface area contributed by atoms with Gasteiger partial charge in [0.15, 0.2) is 0 Å². The molecule has 118 valence electrons. The van der Waals surface area contributed by atoms with Gasteiger partial charge in [-0.1, -0.05) is 30.3 Å². The average Bonchev–Trinajstić information content (AvgIpc) is 2.52. The smallest absolute Gasteiger partial charge is 0.123 e. The van der Waals surface area contributed by atoms with Crippen molar-refractivity contribution < 1.29 is 9.13 Å². The van der Waals surface area contributed by atoms with Gasteiger partial charge in [-0.2, -0.15) is 0 Å². The minimum absolute atomic E-state index is 0.196. The highest BCUT2D eigenvalue weighted by molar-refractivity contribution is 5.31. The van der Waals surface area contributed by atoms with Crippen LogP contribution in [-0.4, -0.2) is 13.2 Å². The van der Waals surface area contributed by atoms with Crippen molar-refractivity contribution in [2.45, 2.75) is 32.1 Å². The van der Waals surface area contributed by atoms with Gasteiger partial charge < -0.3 is 10.5 Å². The van der Waals surface area contributed by atoms with Gasteiger partial charge in [0.05, 0.1) is 6.61 Å². The van der Waals surface area contributed by atoms with Gasteiger partial charge in [0.25, 0.3) is 0 Å². The zero-order chi connectivity index (χ0) is 15.8. The molecule has 0 spiro atoms. The van der Waals surface area contributed by atoms with Crippen LogP contribution in [-0.2, 0) is 0 Å². The SMILES string of the molecule is Cc1ccccc1OCCCCC(CN)c1cccc(F)c1. The molecule has 0 fully saturated rings. The van der Waals surface area contributed by atoms with E-state index in [2.05, 4.69) is 0 Å². The van der Waals surface area contributed by atoms with Gasteiger partial charge in [-0.3, -0.25) is 0 Å². The van der Waals surface area contributed by atoms with Crippen LogP contribution in [0.2, 0.25) is 0 Å². The average molecular weight is 301 g/mol. The van der Waals surface area contributed by atoms with E-state index in [1.54, 1.807) is 12.1 Å². The molecule has 0 saturated heterocycles. The molecule has 2 aromatic carbocycles. The van der Waals surface area contributed by atoms with E-state index in [1.165, 1.54) is 6.07 Å². The second kappa shape index (κ2) is 8.54. The summed E-state index contributed by atoms with van der Waals surface area (Å²) in [6.45, 7) is 3.29. The predicted molar refractivity (Wildman–Crippen MR) is 88.7 cm³/mol. The third-order valence-corrected chi connectivity index (χ3v) is 3.90. The molecule has 0 aliphatic carbocycles. The Bertz CT molecular complexity index is 585. The maximum absolute atomic E-state index is 13.3. The fraction of sp³-hybridized carbons (Fsp3) is 0.368. The van der Waals surface area contributed by atoms with Crippen LogP contribution in [0.4, 0.5) is 4.39 Å². The Morgan fingerprint density at radius 3 is 2.64 bits per heavy atom. The first-order chi connectivity index (χ1) is 10.7. The van der Waals surface area contributed by atoms with E-state index in [0.29, 0.717) is 13.2 Å². The van der Waals surface area contributed by atoms with Crippen LogP contribution in [0.1, 0.15) is 36.3 Å². The molecule has 0 aliphatic rings. The lowest BCUT2D eigenvalue weighted by molar-refractivity contribution is 0.301. The molecular formula is C19H24FNO. The Morgan fingerprint density at radius 1 is 1.09 bits per heavy atom. The summed E-state index contributed by atoms with van der Waals surface area (Å²) in [6.07, 6.45) is 2.95. The van der Waals surface area contributed by atoms with Gasteiger partial charge in [0.2, 0.25) is 0 Å². The number of aryl methyl sites for hydroxylation is 1. The van der Waals surface area contributed by atoms with Crippen LogP contribution in [0.3, 0.4) is 0 Å². The second-order valence-electron chi connectivity index (χ2n) is 5.60. The van der Waals surface area contributed by atoms with Gasteiger partial charge in [0, 0.05) is 0 Å².